The molecule has 0 saturated carbocycles. The molecule has 1 heterocycles. The Labute approximate surface area is 129 Å². The first-order valence-corrected chi connectivity index (χ1v) is 8.03. The Hall–Kier alpha value is -2.07. The molecule has 0 unspecified atom stereocenters. The number of carbonyl (C=O) groups excluding carboxylic acids is 1. The number of anilines is 2. The van der Waals surface area contributed by atoms with E-state index in [-0.39, 0.29) is 5.91 Å². The molecule has 0 spiro atoms. The largest absolute Gasteiger partial charge is 0.372 e. The van der Waals surface area contributed by atoms with Gasteiger partial charge < -0.3 is 10.2 Å². The van der Waals surface area contributed by atoms with Crippen LogP contribution in [0.5, 0.6) is 0 Å². The molecule has 0 fully saturated rings. The summed E-state index contributed by atoms with van der Waals surface area (Å²) in [5.41, 5.74) is 3.03. The molecule has 0 aliphatic heterocycles. The summed E-state index contributed by atoms with van der Waals surface area (Å²) < 4.78 is 0. The maximum Gasteiger partial charge on any atom is 0.248 e. The van der Waals surface area contributed by atoms with Crippen molar-refractivity contribution in [3.63, 3.8) is 0 Å². The minimum absolute atomic E-state index is 0.114. The van der Waals surface area contributed by atoms with Crippen LogP contribution in [0.4, 0.5) is 11.4 Å². The predicted octanol–water partition coefficient (Wildman–Crippen LogP) is 4.25. The molecule has 0 bridgehead atoms. The summed E-state index contributed by atoms with van der Waals surface area (Å²) in [4.78, 5) is 14.1. The summed E-state index contributed by atoms with van der Waals surface area (Å²) in [6, 6.07) is 9.91. The highest BCUT2D eigenvalue weighted by Gasteiger charge is 2.02. The van der Waals surface area contributed by atoms with Crippen molar-refractivity contribution in [3.05, 3.63) is 52.7 Å². The standard InChI is InChI=1S/C17H20N2OS/c1-3-19(4-2)16-8-6-15(7-9-16)18-17(20)10-5-14-11-12-21-13-14/h5-13H,3-4H2,1-2H3,(H,18,20)/b10-5+. The quantitative estimate of drug-likeness (QED) is 0.809. The van der Waals surface area contributed by atoms with Crippen molar-refractivity contribution in [2.45, 2.75) is 13.8 Å². The van der Waals surface area contributed by atoms with Crippen molar-refractivity contribution in [1.29, 1.82) is 0 Å². The van der Waals surface area contributed by atoms with Gasteiger partial charge in [-0.2, -0.15) is 11.3 Å². The minimum atomic E-state index is -0.114. The van der Waals surface area contributed by atoms with E-state index in [0.717, 1.165) is 24.3 Å². The average molecular weight is 300 g/mol. The average Bonchev–Trinajstić information content (AvgIpc) is 3.01. The lowest BCUT2D eigenvalue weighted by molar-refractivity contribution is -0.111. The number of benzene rings is 1. The molecule has 21 heavy (non-hydrogen) atoms. The van der Waals surface area contributed by atoms with Gasteiger partial charge in [0.05, 0.1) is 0 Å². The van der Waals surface area contributed by atoms with Gasteiger partial charge in [-0.1, -0.05) is 0 Å². The van der Waals surface area contributed by atoms with Gasteiger partial charge >= 0.3 is 0 Å². The number of carbonyl (C=O) groups is 1. The second kappa shape index (κ2) is 7.64. The van der Waals surface area contributed by atoms with E-state index in [9.17, 15) is 4.79 Å². The molecular formula is C17H20N2OS. The molecule has 3 nitrogen and oxygen atoms in total. The zero-order valence-corrected chi connectivity index (χ0v) is 13.2. The molecule has 1 N–H and O–H groups in total. The van der Waals surface area contributed by atoms with Crippen LogP contribution in [0.15, 0.2) is 47.2 Å². The van der Waals surface area contributed by atoms with E-state index in [2.05, 4.69) is 24.1 Å². The van der Waals surface area contributed by atoms with Gasteiger partial charge in [0, 0.05) is 30.5 Å². The Balaban J connectivity index is 1.95. The summed E-state index contributed by atoms with van der Waals surface area (Å²) in [6.45, 7) is 6.22. The van der Waals surface area contributed by atoms with Gasteiger partial charge in [0.25, 0.3) is 0 Å². The van der Waals surface area contributed by atoms with Crippen LogP contribution < -0.4 is 10.2 Å². The van der Waals surface area contributed by atoms with Crippen LogP contribution in [0, 0.1) is 0 Å². The van der Waals surface area contributed by atoms with E-state index in [1.54, 1.807) is 17.4 Å². The van der Waals surface area contributed by atoms with Crippen molar-refractivity contribution in [2.75, 3.05) is 23.3 Å². The van der Waals surface area contributed by atoms with E-state index >= 15 is 0 Å². The lowest BCUT2D eigenvalue weighted by Gasteiger charge is -2.21. The second-order valence-electron chi connectivity index (χ2n) is 4.60. The Morgan fingerprint density at radius 2 is 1.90 bits per heavy atom. The molecule has 1 amide bonds. The molecular weight excluding hydrogens is 280 g/mol. The molecule has 1 aromatic carbocycles. The number of nitrogens with zero attached hydrogens (tertiary/aromatic N) is 1. The Morgan fingerprint density at radius 3 is 2.48 bits per heavy atom. The summed E-state index contributed by atoms with van der Waals surface area (Å²) in [7, 11) is 0. The lowest BCUT2D eigenvalue weighted by atomic mass is 10.2. The highest BCUT2D eigenvalue weighted by atomic mass is 32.1. The van der Waals surface area contributed by atoms with Gasteiger partial charge in [0.2, 0.25) is 5.91 Å². The summed E-state index contributed by atoms with van der Waals surface area (Å²) >= 11 is 1.62. The highest BCUT2D eigenvalue weighted by molar-refractivity contribution is 7.08. The van der Waals surface area contributed by atoms with Gasteiger partial charge in [0.15, 0.2) is 0 Å². The molecule has 0 atom stereocenters. The van der Waals surface area contributed by atoms with Crippen molar-refractivity contribution in [3.8, 4) is 0 Å². The molecule has 1 aromatic heterocycles. The first-order chi connectivity index (χ1) is 10.2. The van der Waals surface area contributed by atoms with Crippen LogP contribution in [-0.4, -0.2) is 19.0 Å². The Morgan fingerprint density at radius 1 is 1.19 bits per heavy atom. The number of hydrogen-bond donors (Lipinski definition) is 1. The van der Waals surface area contributed by atoms with Crippen molar-refractivity contribution in [2.24, 2.45) is 0 Å². The monoisotopic (exact) mass is 300 g/mol. The fourth-order valence-electron chi connectivity index (χ4n) is 2.07. The number of thiophene rings is 1. The first kappa shape index (κ1) is 15.3. The normalized spacial score (nSPS) is 10.8. The molecule has 2 aromatic rings. The van der Waals surface area contributed by atoms with Crippen molar-refractivity contribution >= 4 is 34.7 Å². The molecule has 0 aliphatic carbocycles. The fraction of sp³-hybridized carbons (Fsp3) is 0.235. The number of amides is 1. The number of hydrogen-bond acceptors (Lipinski definition) is 3. The fourth-order valence-corrected chi connectivity index (χ4v) is 2.70. The summed E-state index contributed by atoms with van der Waals surface area (Å²) in [5, 5.41) is 6.86. The molecule has 0 saturated heterocycles. The summed E-state index contributed by atoms with van der Waals surface area (Å²) in [5.74, 6) is -0.114. The molecule has 2 rings (SSSR count). The lowest BCUT2D eigenvalue weighted by Crippen LogP contribution is -2.21. The molecule has 4 heteroatoms. The maximum atomic E-state index is 11.8. The van der Waals surface area contributed by atoms with Gasteiger partial charge in [-0.15, -0.1) is 0 Å². The van der Waals surface area contributed by atoms with Crippen LogP contribution in [0.2, 0.25) is 0 Å². The topological polar surface area (TPSA) is 32.3 Å². The number of rotatable bonds is 6. The highest BCUT2D eigenvalue weighted by Crippen LogP contribution is 2.17. The van der Waals surface area contributed by atoms with Gasteiger partial charge in [-0.3, -0.25) is 4.79 Å². The van der Waals surface area contributed by atoms with Crippen molar-refractivity contribution in [1.82, 2.24) is 0 Å². The predicted molar refractivity (Wildman–Crippen MR) is 92.0 cm³/mol. The van der Waals surface area contributed by atoms with Crippen LogP contribution in [0.25, 0.3) is 6.08 Å². The van der Waals surface area contributed by atoms with Crippen LogP contribution in [0.1, 0.15) is 19.4 Å². The van der Waals surface area contributed by atoms with Crippen LogP contribution >= 0.6 is 11.3 Å². The maximum absolute atomic E-state index is 11.8. The minimum Gasteiger partial charge on any atom is -0.372 e. The second-order valence-corrected chi connectivity index (χ2v) is 5.38. The third-order valence-corrected chi connectivity index (χ3v) is 3.94. The van der Waals surface area contributed by atoms with Crippen LogP contribution in [0.3, 0.4) is 0 Å². The van der Waals surface area contributed by atoms with Crippen LogP contribution in [-0.2, 0) is 4.79 Å². The zero-order valence-electron chi connectivity index (χ0n) is 12.4. The summed E-state index contributed by atoms with van der Waals surface area (Å²) in [6.07, 6.45) is 3.37. The third kappa shape index (κ3) is 4.46. The smallest absolute Gasteiger partial charge is 0.248 e. The van der Waals surface area contributed by atoms with Gasteiger partial charge in [-0.25, -0.2) is 0 Å². The van der Waals surface area contributed by atoms with E-state index in [1.807, 2.05) is 47.2 Å². The van der Waals surface area contributed by atoms with E-state index < -0.39 is 0 Å². The first-order valence-electron chi connectivity index (χ1n) is 7.09. The third-order valence-electron chi connectivity index (χ3n) is 3.23. The van der Waals surface area contributed by atoms with E-state index in [4.69, 9.17) is 0 Å². The van der Waals surface area contributed by atoms with Crippen molar-refractivity contribution < 1.29 is 4.79 Å². The van der Waals surface area contributed by atoms with Gasteiger partial charge in [0.1, 0.15) is 0 Å². The SMILES string of the molecule is CCN(CC)c1ccc(NC(=O)/C=C/c2ccsc2)cc1. The Bertz CT molecular complexity index is 584. The number of nitrogens with one attached hydrogen (secondary N) is 1. The van der Waals surface area contributed by atoms with E-state index in [1.165, 1.54) is 5.69 Å². The zero-order chi connectivity index (χ0) is 15.1. The van der Waals surface area contributed by atoms with Gasteiger partial charge in [-0.05, 0) is 66.6 Å². The molecule has 110 valence electrons. The Kier molecular flexibility index (Phi) is 5.58. The molecule has 0 aliphatic rings. The molecule has 0 radical (unpaired) electrons. The van der Waals surface area contributed by atoms with E-state index in [0.29, 0.717) is 0 Å².